The van der Waals surface area contributed by atoms with E-state index in [-0.39, 0.29) is 17.3 Å². The van der Waals surface area contributed by atoms with Crippen molar-refractivity contribution < 1.29 is 27.2 Å². The van der Waals surface area contributed by atoms with E-state index in [1.165, 1.54) is 12.3 Å². The van der Waals surface area contributed by atoms with Crippen LogP contribution in [0.4, 0.5) is 29.5 Å². The van der Waals surface area contributed by atoms with Crippen molar-refractivity contribution in [2.24, 2.45) is 0 Å². The molecule has 0 aliphatic carbocycles. The fraction of sp³-hybridized carbons (Fsp3) is 0.100. The number of pyridine rings is 1. The molecule has 0 aliphatic heterocycles. The van der Waals surface area contributed by atoms with Crippen LogP contribution in [-0.2, 0) is 6.18 Å². The Morgan fingerprint density at radius 1 is 1.06 bits per heavy atom. The van der Waals surface area contributed by atoms with Gasteiger partial charge in [-0.25, -0.2) is 9.78 Å². The van der Waals surface area contributed by atoms with Gasteiger partial charge in [0.05, 0.1) is 6.20 Å². The molecule has 0 radical (unpaired) electrons. The highest BCUT2D eigenvalue weighted by Gasteiger charge is 2.33. The van der Waals surface area contributed by atoms with E-state index in [1.54, 1.807) is 43.3 Å². The van der Waals surface area contributed by atoms with Crippen molar-refractivity contribution in [3.8, 4) is 23.0 Å². The topological polar surface area (TPSA) is 118 Å². The number of urea groups is 1. The van der Waals surface area contributed by atoms with Crippen molar-refractivity contribution in [1.82, 2.24) is 20.1 Å². The fourth-order valence-corrected chi connectivity index (χ4v) is 2.65. The van der Waals surface area contributed by atoms with Crippen LogP contribution in [0.1, 0.15) is 11.5 Å². The zero-order valence-corrected chi connectivity index (χ0v) is 16.4. The number of aryl methyl sites for hydroxylation is 1. The van der Waals surface area contributed by atoms with E-state index in [4.69, 9.17) is 9.26 Å². The molecular weight excluding hydrogens is 429 g/mol. The zero-order chi connectivity index (χ0) is 22.7. The first-order valence-corrected chi connectivity index (χ1v) is 9.14. The van der Waals surface area contributed by atoms with Crippen LogP contribution in [0.5, 0.6) is 11.5 Å². The van der Waals surface area contributed by atoms with Gasteiger partial charge in [0, 0.05) is 24.0 Å². The number of aromatic amines is 1. The summed E-state index contributed by atoms with van der Waals surface area (Å²) in [5, 5.41) is 8.83. The third kappa shape index (κ3) is 5.03. The molecule has 0 aliphatic rings. The molecule has 9 nitrogen and oxygen atoms in total. The van der Waals surface area contributed by atoms with Gasteiger partial charge in [-0.05, 0) is 37.3 Å². The predicted molar refractivity (Wildman–Crippen MR) is 107 cm³/mol. The number of benzene rings is 1. The Morgan fingerprint density at radius 3 is 2.50 bits per heavy atom. The molecule has 2 amide bonds. The number of anilines is 2. The highest BCUT2D eigenvalue weighted by molar-refractivity contribution is 5.99. The van der Waals surface area contributed by atoms with Gasteiger partial charge in [-0.1, -0.05) is 5.16 Å². The highest BCUT2D eigenvalue weighted by Crippen LogP contribution is 2.30. The standard InChI is InChI=1S/C20H15F3N6O3/c1-11-8-17(29-32-11)28-19(30)26-12-2-4-13(5-3-12)31-14-6-7-24-15(9-14)18-25-10-16(27-18)20(21,22)23/h2-10H,1H3,(H,25,27)(H2,26,28,29,30). The van der Waals surface area contributed by atoms with Crippen LogP contribution in [0, 0.1) is 6.92 Å². The number of nitrogens with zero attached hydrogens (tertiary/aromatic N) is 3. The molecule has 0 saturated heterocycles. The Labute approximate surface area is 178 Å². The maximum atomic E-state index is 12.8. The number of hydrogen-bond donors (Lipinski definition) is 3. The molecule has 164 valence electrons. The monoisotopic (exact) mass is 444 g/mol. The van der Waals surface area contributed by atoms with Crippen molar-refractivity contribution in [3.63, 3.8) is 0 Å². The second-order valence-electron chi connectivity index (χ2n) is 6.55. The smallest absolute Gasteiger partial charge is 0.432 e. The molecule has 3 N–H and O–H groups in total. The van der Waals surface area contributed by atoms with Gasteiger partial charge in [-0.15, -0.1) is 0 Å². The molecule has 3 heterocycles. The lowest BCUT2D eigenvalue weighted by Crippen LogP contribution is -2.19. The number of carbonyl (C=O) groups is 1. The SMILES string of the molecule is Cc1cc(NC(=O)Nc2ccc(Oc3ccnc(-c4ncc(C(F)(F)F)[nH]4)c3)cc2)no1. The number of amides is 2. The average molecular weight is 444 g/mol. The maximum Gasteiger partial charge on any atom is 0.432 e. The Kier molecular flexibility index (Phi) is 5.50. The number of ether oxygens (including phenoxy) is 1. The first-order valence-electron chi connectivity index (χ1n) is 9.14. The number of nitrogens with one attached hydrogen (secondary N) is 3. The number of rotatable bonds is 5. The molecule has 3 aromatic heterocycles. The van der Waals surface area contributed by atoms with Crippen molar-refractivity contribution in [3.05, 3.63) is 66.3 Å². The molecule has 0 spiro atoms. The number of imidazole rings is 1. The Hall–Kier alpha value is -4.35. The van der Waals surface area contributed by atoms with Crippen LogP contribution >= 0.6 is 0 Å². The van der Waals surface area contributed by atoms with Gasteiger partial charge in [0.15, 0.2) is 11.6 Å². The largest absolute Gasteiger partial charge is 0.457 e. The normalized spacial score (nSPS) is 11.2. The summed E-state index contributed by atoms with van der Waals surface area (Å²) in [6, 6.07) is 10.6. The third-order valence-electron chi connectivity index (χ3n) is 4.07. The van der Waals surface area contributed by atoms with E-state index in [0.717, 1.165) is 0 Å². The lowest BCUT2D eigenvalue weighted by molar-refractivity contribution is -0.140. The summed E-state index contributed by atoms with van der Waals surface area (Å²) in [6.07, 6.45) is -2.43. The zero-order valence-electron chi connectivity index (χ0n) is 16.4. The lowest BCUT2D eigenvalue weighted by atomic mass is 10.3. The van der Waals surface area contributed by atoms with Crippen molar-refractivity contribution in [2.45, 2.75) is 13.1 Å². The summed E-state index contributed by atoms with van der Waals surface area (Å²) in [7, 11) is 0. The number of aromatic nitrogens is 4. The third-order valence-corrected chi connectivity index (χ3v) is 4.07. The molecule has 1 aromatic carbocycles. The number of hydrogen-bond acceptors (Lipinski definition) is 6. The first-order chi connectivity index (χ1) is 15.3. The number of H-pyrrole nitrogens is 1. The second kappa shape index (κ2) is 8.41. The van der Waals surface area contributed by atoms with Crippen molar-refractivity contribution in [1.29, 1.82) is 0 Å². The van der Waals surface area contributed by atoms with Crippen LogP contribution in [0.15, 0.2) is 59.4 Å². The summed E-state index contributed by atoms with van der Waals surface area (Å²) < 4.78 is 48.8. The Morgan fingerprint density at radius 2 is 1.84 bits per heavy atom. The maximum absolute atomic E-state index is 12.8. The first kappa shape index (κ1) is 20.9. The van der Waals surface area contributed by atoms with E-state index in [0.29, 0.717) is 29.1 Å². The molecule has 12 heteroatoms. The van der Waals surface area contributed by atoms with Crippen LogP contribution in [0.2, 0.25) is 0 Å². The van der Waals surface area contributed by atoms with E-state index in [2.05, 4.69) is 30.7 Å². The van der Waals surface area contributed by atoms with Gasteiger partial charge in [0.1, 0.15) is 28.6 Å². The van der Waals surface area contributed by atoms with Gasteiger partial charge in [-0.3, -0.25) is 10.3 Å². The highest BCUT2D eigenvalue weighted by atomic mass is 19.4. The Balaban J connectivity index is 1.40. The quantitative estimate of drug-likeness (QED) is 0.388. The summed E-state index contributed by atoms with van der Waals surface area (Å²) >= 11 is 0. The summed E-state index contributed by atoms with van der Waals surface area (Å²) in [6.45, 7) is 1.70. The summed E-state index contributed by atoms with van der Waals surface area (Å²) in [5.74, 6) is 1.60. The molecule has 4 aromatic rings. The van der Waals surface area contributed by atoms with Crippen LogP contribution in [0.3, 0.4) is 0 Å². The molecule has 0 atom stereocenters. The molecule has 0 unspecified atom stereocenters. The number of halogens is 3. The lowest BCUT2D eigenvalue weighted by Gasteiger charge is -2.09. The van der Waals surface area contributed by atoms with Crippen molar-refractivity contribution >= 4 is 17.5 Å². The fourth-order valence-electron chi connectivity index (χ4n) is 2.65. The van der Waals surface area contributed by atoms with E-state index >= 15 is 0 Å². The molecule has 0 bridgehead atoms. The average Bonchev–Trinajstić information content (AvgIpc) is 3.39. The number of carbonyl (C=O) groups excluding carboxylic acids is 1. The molecule has 32 heavy (non-hydrogen) atoms. The molecule has 0 fully saturated rings. The summed E-state index contributed by atoms with van der Waals surface area (Å²) in [4.78, 5) is 21.9. The molecule has 4 rings (SSSR count). The molecular formula is C20H15F3N6O3. The minimum Gasteiger partial charge on any atom is -0.457 e. The van der Waals surface area contributed by atoms with E-state index < -0.39 is 17.9 Å². The van der Waals surface area contributed by atoms with E-state index in [1.807, 2.05) is 0 Å². The van der Waals surface area contributed by atoms with Crippen LogP contribution in [0.25, 0.3) is 11.5 Å². The van der Waals surface area contributed by atoms with Gasteiger partial charge in [0.25, 0.3) is 0 Å². The van der Waals surface area contributed by atoms with Gasteiger partial charge in [0.2, 0.25) is 0 Å². The summed E-state index contributed by atoms with van der Waals surface area (Å²) in [5.41, 5.74) is -0.275. The predicted octanol–water partition coefficient (Wildman–Crippen LogP) is 5.22. The Bertz CT molecular complexity index is 1230. The minimum absolute atomic E-state index is 0.0318. The van der Waals surface area contributed by atoms with Crippen molar-refractivity contribution in [2.75, 3.05) is 10.6 Å². The van der Waals surface area contributed by atoms with Crippen LogP contribution in [-0.4, -0.2) is 26.1 Å². The minimum atomic E-state index is -4.53. The van der Waals surface area contributed by atoms with Crippen LogP contribution < -0.4 is 15.4 Å². The van der Waals surface area contributed by atoms with E-state index in [9.17, 15) is 18.0 Å². The second-order valence-corrected chi connectivity index (χ2v) is 6.55. The van der Waals surface area contributed by atoms with Gasteiger partial charge >= 0.3 is 12.2 Å². The van der Waals surface area contributed by atoms with Gasteiger partial charge in [-0.2, -0.15) is 13.2 Å². The number of alkyl halides is 3. The van der Waals surface area contributed by atoms with Gasteiger partial charge < -0.3 is 19.6 Å². The molecule has 0 saturated carbocycles.